The van der Waals surface area contributed by atoms with Gasteiger partial charge in [-0.15, -0.1) is 0 Å². The predicted octanol–water partition coefficient (Wildman–Crippen LogP) is 3.19. The lowest BCUT2D eigenvalue weighted by atomic mass is 10.1. The molecule has 23 heavy (non-hydrogen) atoms. The molecule has 3 rings (SSSR count). The van der Waals surface area contributed by atoms with Crippen LogP contribution < -0.4 is 5.32 Å². The summed E-state index contributed by atoms with van der Waals surface area (Å²) in [6.07, 6.45) is 3.91. The maximum absolute atomic E-state index is 12.2. The van der Waals surface area contributed by atoms with Crippen LogP contribution in [-0.2, 0) is 6.42 Å². The lowest BCUT2D eigenvalue weighted by Crippen LogP contribution is -2.12. The van der Waals surface area contributed by atoms with Crippen LogP contribution >= 0.6 is 0 Å². The molecule has 0 saturated heterocycles. The fourth-order valence-corrected chi connectivity index (χ4v) is 2.19. The van der Waals surface area contributed by atoms with Crippen LogP contribution in [0.4, 0.5) is 5.69 Å². The van der Waals surface area contributed by atoms with Crippen LogP contribution in [0.2, 0.25) is 0 Å². The maximum Gasteiger partial charge on any atom is 0.255 e. The lowest BCUT2D eigenvalue weighted by molar-refractivity contribution is 0.102. The molecule has 0 saturated carbocycles. The molecule has 1 amide bonds. The van der Waals surface area contributed by atoms with Gasteiger partial charge in [0, 0.05) is 23.6 Å². The van der Waals surface area contributed by atoms with Gasteiger partial charge in [-0.2, -0.15) is 10.4 Å². The molecule has 5 heteroatoms. The zero-order valence-electron chi connectivity index (χ0n) is 12.3. The summed E-state index contributed by atoms with van der Waals surface area (Å²) in [5, 5.41) is 15.6. The highest BCUT2D eigenvalue weighted by molar-refractivity contribution is 6.04. The molecule has 5 nitrogen and oxygen atoms in total. The topological polar surface area (TPSA) is 70.7 Å². The van der Waals surface area contributed by atoms with E-state index in [1.807, 2.05) is 36.5 Å². The molecule has 0 aliphatic rings. The number of nitrogens with one attached hydrogen (secondary N) is 1. The molecule has 0 radical (unpaired) electrons. The first-order chi connectivity index (χ1) is 11.3. The average molecular weight is 302 g/mol. The minimum Gasteiger partial charge on any atom is -0.322 e. The molecular weight excluding hydrogens is 288 g/mol. The second-order valence-electron chi connectivity index (χ2n) is 4.98. The molecule has 0 atom stereocenters. The Morgan fingerprint density at radius 1 is 1.13 bits per heavy atom. The summed E-state index contributed by atoms with van der Waals surface area (Å²) in [4.78, 5) is 12.2. The largest absolute Gasteiger partial charge is 0.322 e. The second kappa shape index (κ2) is 6.58. The summed E-state index contributed by atoms with van der Waals surface area (Å²) >= 11 is 0. The van der Waals surface area contributed by atoms with Crippen molar-refractivity contribution in [3.8, 4) is 11.8 Å². The molecule has 0 fully saturated rings. The van der Waals surface area contributed by atoms with Gasteiger partial charge in [-0.1, -0.05) is 12.1 Å². The lowest BCUT2D eigenvalue weighted by Gasteiger charge is -2.07. The average Bonchev–Trinajstić information content (AvgIpc) is 3.11. The molecule has 3 aromatic rings. The highest BCUT2D eigenvalue weighted by Crippen LogP contribution is 2.13. The summed E-state index contributed by atoms with van der Waals surface area (Å²) in [5.74, 6) is -0.176. The van der Waals surface area contributed by atoms with E-state index in [0.29, 0.717) is 17.7 Å². The van der Waals surface area contributed by atoms with E-state index < -0.39 is 0 Å². The van der Waals surface area contributed by atoms with Gasteiger partial charge < -0.3 is 5.32 Å². The highest BCUT2D eigenvalue weighted by atomic mass is 16.1. The molecule has 0 unspecified atom stereocenters. The highest BCUT2D eigenvalue weighted by Gasteiger charge is 2.06. The van der Waals surface area contributed by atoms with Gasteiger partial charge in [-0.05, 0) is 48.0 Å². The first-order valence-corrected chi connectivity index (χ1v) is 7.13. The van der Waals surface area contributed by atoms with E-state index in [9.17, 15) is 4.79 Å². The number of aromatic nitrogens is 2. The summed E-state index contributed by atoms with van der Waals surface area (Å²) in [6.45, 7) is 0. The molecule has 112 valence electrons. The van der Waals surface area contributed by atoms with Crippen LogP contribution in [0.1, 0.15) is 15.9 Å². The van der Waals surface area contributed by atoms with Crippen molar-refractivity contribution in [2.24, 2.45) is 0 Å². The summed E-state index contributed by atoms with van der Waals surface area (Å²) in [7, 11) is 0. The standard InChI is InChI=1S/C18H14N4O/c19-11-10-14-2-6-16(7-3-14)21-18(23)15-4-8-17(9-5-15)22-13-1-12-20-22/h1-9,12-13H,10H2,(H,21,23). The number of rotatable bonds is 4. The summed E-state index contributed by atoms with van der Waals surface area (Å²) in [6, 6.07) is 18.4. The number of benzene rings is 2. The Bertz CT molecular complexity index is 828. The van der Waals surface area contributed by atoms with Gasteiger partial charge in [0.2, 0.25) is 0 Å². The first-order valence-electron chi connectivity index (χ1n) is 7.13. The molecule has 0 bridgehead atoms. The van der Waals surface area contributed by atoms with Crippen LogP contribution in [0, 0.1) is 11.3 Å². The zero-order valence-corrected chi connectivity index (χ0v) is 12.3. The number of anilines is 1. The van der Waals surface area contributed by atoms with Crippen LogP contribution in [0.15, 0.2) is 67.0 Å². The summed E-state index contributed by atoms with van der Waals surface area (Å²) < 4.78 is 1.73. The van der Waals surface area contributed by atoms with Gasteiger partial charge in [0.05, 0.1) is 18.2 Å². The van der Waals surface area contributed by atoms with Crippen molar-refractivity contribution < 1.29 is 4.79 Å². The molecule has 0 aliphatic carbocycles. The van der Waals surface area contributed by atoms with Gasteiger partial charge in [0.25, 0.3) is 5.91 Å². The van der Waals surface area contributed by atoms with E-state index in [2.05, 4.69) is 16.5 Å². The third-order valence-electron chi connectivity index (χ3n) is 3.39. The SMILES string of the molecule is N#CCc1ccc(NC(=O)c2ccc(-n3cccn3)cc2)cc1. The van der Waals surface area contributed by atoms with Crippen LogP contribution in [0.3, 0.4) is 0 Å². The second-order valence-corrected chi connectivity index (χ2v) is 4.98. The molecule has 0 spiro atoms. The number of carbonyl (C=O) groups excluding carboxylic acids is 1. The fraction of sp³-hybridized carbons (Fsp3) is 0.0556. The Labute approximate surface area is 133 Å². The Kier molecular flexibility index (Phi) is 4.16. The van der Waals surface area contributed by atoms with E-state index in [-0.39, 0.29) is 5.91 Å². The van der Waals surface area contributed by atoms with Crippen molar-refractivity contribution in [1.82, 2.24) is 9.78 Å². The smallest absolute Gasteiger partial charge is 0.255 e. The van der Waals surface area contributed by atoms with Gasteiger partial charge in [-0.25, -0.2) is 4.68 Å². The van der Waals surface area contributed by atoms with E-state index in [0.717, 1.165) is 11.3 Å². The Hall–Kier alpha value is -3.39. The number of nitrogens with zero attached hydrogens (tertiary/aromatic N) is 3. The van der Waals surface area contributed by atoms with E-state index in [4.69, 9.17) is 5.26 Å². The molecule has 1 aromatic heterocycles. The Morgan fingerprint density at radius 3 is 2.48 bits per heavy atom. The van der Waals surface area contributed by atoms with Gasteiger partial charge in [-0.3, -0.25) is 4.79 Å². The van der Waals surface area contributed by atoms with Gasteiger partial charge in [0.15, 0.2) is 0 Å². The van der Waals surface area contributed by atoms with Crippen molar-refractivity contribution in [3.05, 3.63) is 78.1 Å². The molecule has 1 heterocycles. The van der Waals surface area contributed by atoms with E-state index >= 15 is 0 Å². The van der Waals surface area contributed by atoms with Crippen molar-refractivity contribution in [2.75, 3.05) is 5.32 Å². The van der Waals surface area contributed by atoms with Crippen LogP contribution in [0.25, 0.3) is 5.69 Å². The third kappa shape index (κ3) is 3.44. The maximum atomic E-state index is 12.2. The number of hydrogen-bond acceptors (Lipinski definition) is 3. The van der Waals surface area contributed by atoms with Crippen LogP contribution in [0.5, 0.6) is 0 Å². The van der Waals surface area contributed by atoms with Gasteiger partial charge in [0.1, 0.15) is 0 Å². The quantitative estimate of drug-likeness (QED) is 0.804. The summed E-state index contributed by atoms with van der Waals surface area (Å²) in [5.41, 5.74) is 3.09. The normalized spacial score (nSPS) is 10.0. The van der Waals surface area contributed by atoms with E-state index in [1.165, 1.54) is 0 Å². The fourth-order valence-electron chi connectivity index (χ4n) is 2.19. The van der Waals surface area contributed by atoms with Crippen molar-refractivity contribution in [1.29, 1.82) is 5.26 Å². The third-order valence-corrected chi connectivity index (χ3v) is 3.39. The number of carbonyl (C=O) groups is 1. The van der Waals surface area contributed by atoms with Crippen molar-refractivity contribution in [2.45, 2.75) is 6.42 Å². The minimum atomic E-state index is -0.176. The number of hydrogen-bond donors (Lipinski definition) is 1. The molecule has 1 N–H and O–H groups in total. The number of amides is 1. The monoisotopic (exact) mass is 302 g/mol. The van der Waals surface area contributed by atoms with Crippen molar-refractivity contribution in [3.63, 3.8) is 0 Å². The Morgan fingerprint density at radius 2 is 1.87 bits per heavy atom. The molecule has 0 aliphatic heterocycles. The minimum absolute atomic E-state index is 0.176. The zero-order chi connectivity index (χ0) is 16.1. The number of nitriles is 1. The Balaban J connectivity index is 1.69. The van der Waals surface area contributed by atoms with Gasteiger partial charge >= 0.3 is 0 Å². The van der Waals surface area contributed by atoms with E-state index in [1.54, 1.807) is 35.1 Å². The van der Waals surface area contributed by atoms with Crippen LogP contribution in [-0.4, -0.2) is 15.7 Å². The van der Waals surface area contributed by atoms with Crippen molar-refractivity contribution >= 4 is 11.6 Å². The predicted molar refractivity (Wildman–Crippen MR) is 87.3 cm³/mol. The molecule has 2 aromatic carbocycles. The molecular formula is C18H14N4O. The first kappa shape index (κ1) is 14.5.